The lowest BCUT2D eigenvalue weighted by Gasteiger charge is -2.32. The van der Waals surface area contributed by atoms with Gasteiger partial charge in [-0.15, -0.1) is 0 Å². The number of ether oxygens (including phenoxy) is 1. The Kier molecular flexibility index (Phi) is 12.8. The predicted molar refractivity (Wildman–Crippen MR) is 105 cm³/mol. The van der Waals surface area contributed by atoms with E-state index < -0.39 is 12.2 Å². The molecule has 150 valence electrons. The minimum atomic E-state index is -0.539. The van der Waals surface area contributed by atoms with Crippen LogP contribution < -0.4 is 0 Å². The minimum Gasteiger partial charge on any atom is -0.391 e. The van der Waals surface area contributed by atoms with Gasteiger partial charge in [-0.1, -0.05) is 71.6 Å². The maximum atomic E-state index is 10.4. The highest BCUT2D eigenvalue weighted by molar-refractivity contribution is 4.98. The van der Waals surface area contributed by atoms with Crippen LogP contribution >= 0.6 is 0 Å². The molecule has 1 aliphatic carbocycles. The lowest BCUT2D eigenvalue weighted by atomic mass is 10.1. The summed E-state index contributed by atoms with van der Waals surface area (Å²) in [6.45, 7) is 6.12. The Labute approximate surface area is 155 Å². The summed E-state index contributed by atoms with van der Waals surface area (Å²) >= 11 is 0. The second-order valence-corrected chi connectivity index (χ2v) is 7.86. The largest absolute Gasteiger partial charge is 0.391 e. The molecule has 4 heteroatoms. The van der Waals surface area contributed by atoms with Crippen molar-refractivity contribution in [3.05, 3.63) is 0 Å². The van der Waals surface area contributed by atoms with Crippen LogP contribution in [0.5, 0.6) is 0 Å². The SMILES string of the molecule is CCCCCCCCN(C)[C@H]1[C@H](OCCCCCCC)[C@H](O)C[C@@H]1O. The van der Waals surface area contributed by atoms with Gasteiger partial charge in [0.25, 0.3) is 0 Å². The molecule has 1 saturated carbocycles. The second kappa shape index (κ2) is 14.0. The minimum absolute atomic E-state index is 0.0683. The molecule has 0 unspecified atom stereocenters. The monoisotopic (exact) mass is 357 g/mol. The molecular weight excluding hydrogens is 314 g/mol. The molecule has 0 radical (unpaired) electrons. The van der Waals surface area contributed by atoms with E-state index >= 15 is 0 Å². The van der Waals surface area contributed by atoms with Crippen LogP contribution in [0.3, 0.4) is 0 Å². The average Bonchev–Trinajstić information content (AvgIpc) is 2.87. The summed E-state index contributed by atoms with van der Waals surface area (Å²) in [5.74, 6) is 0. The summed E-state index contributed by atoms with van der Waals surface area (Å²) in [6, 6.07) is -0.0683. The van der Waals surface area contributed by atoms with E-state index in [1.807, 2.05) is 0 Å². The zero-order valence-corrected chi connectivity index (χ0v) is 17.0. The fraction of sp³-hybridized carbons (Fsp3) is 1.00. The fourth-order valence-corrected chi connectivity index (χ4v) is 3.94. The van der Waals surface area contributed by atoms with Gasteiger partial charge in [0.2, 0.25) is 0 Å². The lowest BCUT2D eigenvalue weighted by Crippen LogP contribution is -2.47. The molecule has 25 heavy (non-hydrogen) atoms. The highest BCUT2D eigenvalue weighted by Crippen LogP contribution is 2.28. The maximum Gasteiger partial charge on any atom is 0.101 e. The van der Waals surface area contributed by atoms with Crippen LogP contribution in [0.1, 0.15) is 90.9 Å². The van der Waals surface area contributed by atoms with Gasteiger partial charge >= 0.3 is 0 Å². The Morgan fingerprint density at radius 2 is 1.36 bits per heavy atom. The summed E-state index contributed by atoms with van der Waals surface area (Å²) in [5, 5.41) is 20.6. The van der Waals surface area contributed by atoms with Crippen molar-refractivity contribution in [1.82, 2.24) is 4.90 Å². The molecule has 0 aromatic carbocycles. The Morgan fingerprint density at radius 1 is 0.800 bits per heavy atom. The van der Waals surface area contributed by atoms with Gasteiger partial charge < -0.3 is 14.9 Å². The van der Waals surface area contributed by atoms with Crippen LogP contribution in [0, 0.1) is 0 Å². The van der Waals surface area contributed by atoms with E-state index in [4.69, 9.17) is 4.74 Å². The number of rotatable bonds is 15. The van der Waals surface area contributed by atoms with E-state index in [-0.39, 0.29) is 12.1 Å². The standard InChI is InChI=1S/C21H43NO3/c1-4-6-8-10-11-13-15-22(3)20-18(23)17-19(24)21(20)25-16-14-12-9-7-5-2/h18-21,23-24H,4-17H2,1-3H3/t18-,19+,20+,21+/m0/s1. The van der Waals surface area contributed by atoms with Gasteiger partial charge in [0.05, 0.1) is 18.2 Å². The predicted octanol–water partition coefficient (Wildman–Crippen LogP) is 4.13. The zero-order valence-electron chi connectivity index (χ0n) is 17.0. The average molecular weight is 358 g/mol. The van der Waals surface area contributed by atoms with Gasteiger partial charge in [0, 0.05) is 13.0 Å². The topological polar surface area (TPSA) is 52.9 Å². The van der Waals surface area contributed by atoms with E-state index in [0.29, 0.717) is 13.0 Å². The van der Waals surface area contributed by atoms with Gasteiger partial charge in [-0.3, -0.25) is 4.90 Å². The molecule has 0 heterocycles. The number of aliphatic hydroxyl groups excluding tert-OH is 2. The van der Waals surface area contributed by atoms with E-state index in [1.54, 1.807) is 0 Å². The first kappa shape index (κ1) is 22.9. The van der Waals surface area contributed by atoms with Crippen molar-refractivity contribution in [3.63, 3.8) is 0 Å². The lowest BCUT2D eigenvalue weighted by molar-refractivity contribution is -0.0589. The van der Waals surface area contributed by atoms with E-state index in [0.717, 1.165) is 19.4 Å². The molecule has 1 fully saturated rings. The van der Waals surface area contributed by atoms with Crippen molar-refractivity contribution >= 4 is 0 Å². The maximum absolute atomic E-state index is 10.4. The molecular formula is C21H43NO3. The van der Waals surface area contributed by atoms with Gasteiger partial charge in [0.15, 0.2) is 0 Å². The van der Waals surface area contributed by atoms with Gasteiger partial charge in [-0.25, -0.2) is 0 Å². The van der Waals surface area contributed by atoms with Crippen LogP contribution in [0.25, 0.3) is 0 Å². The summed E-state index contributed by atoms with van der Waals surface area (Å²) in [6.07, 6.45) is 12.9. The molecule has 0 aromatic rings. The van der Waals surface area contributed by atoms with Gasteiger partial charge in [0.1, 0.15) is 6.10 Å². The van der Waals surface area contributed by atoms with Crippen molar-refractivity contribution in [1.29, 1.82) is 0 Å². The first-order valence-electron chi connectivity index (χ1n) is 10.8. The molecule has 0 aromatic heterocycles. The van der Waals surface area contributed by atoms with E-state index in [1.165, 1.54) is 57.8 Å². The Hall–Kier alpha value is -0.160. The molecule has 4 atom stereocenters. The van der Waals surface area contributed by atoms with Crippen LogP contribution in [0.2, 0.25) is 0 Å². The second-order valence-electron chi connectivity index (χ2n) is 7.86. The quantitative estimate of drug-likeness (QED) is 0.433. The molecule has 2 N–H and O–H groups in total. The van der Waals surface area contributed by atoms with Gasteiger partial charge in [-0.2, -0.15) is 0 Å². The van der Waals surface area contributed by atoms with Crippen molar-refractivity contribution in [2.75, 3.05) is 20.2 Å². The van der Waals surface area contributed by atoms with Gasteiger partial charge in [-0.05, 0) is 26.4 Å². The van der Waals surface area contributed by atoms with Crippen molar-refractivity contribution in [2.45, 2.75) is 115 Å². The van der Waals surface area contributed by atoms with Crippen molar-refractivity contribution in [2.24, 2.45) is 0 Å². The highest BCUT2D eigenvalue weighted by atomic mass is 16.5. The van der Waals surface area contributed by atoms with Crippen molar-refractivity contribution in [3.8, 4) is 0 Å². The number of nitrogens with zero attached hydrogens (tertiary/aromatic N) is 1. The Balaban J connectivity index is 2.29. The first-order valence-corrected chi connectivity index (χ1v) is 10.8. The smallest absolute Gasteiger partial charge is 0.101 e. The molecule has 0 saturated heterocycles. The molecule has 0 amide bonds. The molecule has 0 aliphatic heterocycles. The third kappa shape index (κ3) is 8.85. The van der Waals surface area contributed by atoms with Crippen LogP contribution in [-0.2, 0) is 4.74 Å². The summed E-state index contributed by atoms with van der Waals surface area (Å²) in [4.78, 5) is 2.21. The van der Waals surface area contributed by atoms with Crippen LogP contribution in [0.4, 0.5) is 0 Å². The Morgan fingerprint density at radius 3 is 2.00 bits per heavy atom. The third-order valence-corrected chi connectivity index (χ3v) is 5.52. The first-order chi connectivity index (χ1) is 12.1. The van der Waals surface area contributed by atoms with Crippen molar-refractivity contribution < 1.29 is 14.9 Å². The highest BCUT2D eigenvalue weighted by Gasteiger charge is 2.44. The number of likely N-dealkylation sites (N-methyl/N-ethyl adjacent to an activating group) is 1. The molecule has 4 nitrogen and oxygen atoms in total. The summed E-state index contributed by atoms with van der Waals surface area (Å²) in [5.41, 5.74) is 0. The Bertz CT molecular complexity index is 314. The number of hydrogen-bond donors (Lipinski definition) is 2. The van der Waals surface area contributed by atoms with E-state index in [9.17, 15) is 10.2 Å². The third-order valence-electron chi connectivity index (χ3n) is 5.52. The zero-order chi connectivity index (χ0) is 18.5. The van der Waals surface area contributed by atoms with E-state index in [2.05, 4.69) is 25.8 Å². The summed E-state index contributed by atoms with van der Waals surface area (Å²) in [7, 11) is 2.07. The molecule has 0 bridgehead atoms. The fourth-order valence-electron chi connectivity index (χ4n) is 3.94. The normalized spacial score (nSPS) is 26.6. The van der Waals surface area contributed by atoms with Crippen LogP contribution in [-0.4, -0.2) is 59.7 Å². The molecule has 1 rings (SSSR count). The number of unbranched alkanes of at least 4 members (excludes halogenated alkanes) is 9. The molecule has 1 aliphatic rings. The summed E-state index contributed by atoms with van der Waals surface area (Å²) < 4.78 is 6.01. The molecule has 0 spiro atoms. The van der Waals surface area contributed by atoms with Crippen LogP contribution in [0.15, 0.2) is 0 Å². The number of hydrogen-bond acceptors (Lipinski definition) is 4. The number of aliphatic hydroxyl groups is 2.